The molecule has 2 amide bonds. The van der Waals surface area contributed by atoms with Crippen LogP contribution in [0.25, 0.3) is 0 Å². The van der Waals surface area contributed by atoms with Crippen LogP contribution in [0.15, 0.2) is 78.9 Å². The normalized spacial score (nSPS) is 11.8. The fourth-order valence-corrected chi connectivity index (χ4v) is 4.74. The van der Waals surface area contributed by atoms with Crippen molar-refractivity contribution in [2.45, 2.75) is 43.8 Å². The largest absolute Gasteiger partial charge is 0.497 e. The van der Waals surface area contributed by atoms with E-state index in [0.29, 0.717) is 30.8 Å². The summed E-state index contributed by atoms with van der Waals surface area (Å²) in [5, 5.41) is 2.86. The molecule has 3 aromatic rings. The van der Waals surface area contributed by atoms with Gasteiger partial charge >= 0.3 is 5.97 Å². The minimum Gasteiger partial charge on any atom is -0.497 e. The fourth-order valence-electron chi connectivity index (χ4n) is 4.74. The van der Waals surface area contributed by atoms with Crippen LogP contribution in [0.4, 0.5) is 0 Å². The average molecular weight is 592 g/mol. The monoisotopic (exact) mass is 591 g/mol. The first kappa shape index (κ1) is 33.1. The Kier molecular flexibility index (Phi) is 13.0. The summed E-state index contributed by atoms with van der Waals surface area (Å²) >= 11 is 0. The number of carbonyl (C=O) groups is 3. The molecule has 0 aliphatic carbocycles. The molecule has 0 spiro atoms. The minimum absolute atomic E-state index is 0.148. The molecule has 3 aromatic carbocycles. The van der Waals surface area contributed by atoms with E-state index in [0.717, 1.165) is 23.1 Å². The van der Waals surface area contributed by atoms with Crippen molar-refractivity contribution < 1.29 is 33.3 Å². The van der Waals surface area contributed by atoms with Gasteiger partial charge in [-0.25, -0.2) is 0 Å². The standard InChI is InChI=1S/C33H41N3O7/c1-40-27-16-12-25(13-17-27)33(24-9-5-3-6-10-24,26-14-18-28(41-2)19-15-26)43-29(32(35)39)20-21-36-30(37)11-7-4-8-22-42-31(38)23-34/h3,5-6,9-10,12-19,29H,4,7-8,11,20-23,34H2,1-2H3,(H2,35,39)(H,36,37). The first-order chi connectivity index (χ1) is 20.8. The van der Waals surface area contributed by atoms with Gasteiger partial charge in [-0.3, -0.25) is 14.4 Å². The Morgan fingerprint density at radius 2 is 1.35 bits per heavy atom. The number of methoxy groups -OCH3 is 2. The minimum atomic E-state index is -1.23. The second-order valence-electron chi connectivity index (χ2n) is 9.89. The van der Waals surface area contributed by atoms with E-state index in [4.69, 9.17) is 30.4 Å². The van der Waals surface area contributed by atoms with Crippen molar-refractivity contribution in [3.63, 3.8) is 0 Å². The van der Waals surface area contributed by atoms with Gasteiger partial charge in [-0.1, -0.05) is 54.6 Å². The lowest BCUT2D eigenvalue weighted by Crippen LogP contribution is -2.43. The van der Waals surface area contributed by atoms with Gasteiger partial charge in [0.1, 0.15) is 23.2 Å². The number of nitrogens with one attached hydrogen (secondary N) is 1. The molecule has 10 nitrogen and oxygen atoms in total. The van der Waals surface area contributed by atoms with Gasteiger partial charge in [0.2, 0.25) is 11.8 Å². The summed E-state index contributed by atoms with van der Waals surface area (Å²) < 4.78 is 22.5. The van der Waals surface area contributed by atoms with E-state index in [2.05, 4.69) is 5.32 Å². The van der Waals surface area contributed by atoms with Crippen LogP contribution in [0.3, 0.4) is 0 Å². The zero-order chi connectivity index (χ0) is 31.1. The Labute approximate surface area is 252 Å². The smallest absolute Gasteiger partial charge is 0.319 e. The van der Waals surface area contributed by atoms with Crippen LogP contribution in [-0.4, -0.2) is 57.8 Å². The average Bonchev–Trinajstić information content (AvgIpc) is 3.04. The van der Waals surface area contributed by atoms with Gasteiger partial charge in [0.15, 0.2) is 0 Å². The van der Waals surface area contributed by atoms with E-state index in [9.17, 15) is 14.4 Å². The van der Waals surface area contributed by atoms with Crippen LogP contribution in [-0.2, 0) is 29.5 Å². The van der Waals surface area contributed by atoms with E-state index in [1.54, 1.807) is 14.2 Å². The Morgan fingerprint density at radius 3 is 1.86 bits per heavy atom. The predicted molar refractivity (Wildman–Crippen MR) is 162 cm³/mol. The van der Waals surface area contributed by atoms with Gasteiger partial charge in [-0.2, -0.15) is 0 Å². The van der Waals surface area contributed by atoms with Crippen molar-refractivity contribution >= 4 is 17.8 Å². The summed E-state index contributed by atoms with van der Waals surface area (Å²) in [4.78, 5) is 36.3. The molecule has 0 radical (unpaired) electrons. The number of carbonyl (C=O) groups excluding carboxylic acids is 3. The van der Waals surface area contributed by atoms with Crippen molar-refractivity contribution in [1.82, 2.24) is 5.32 Å². The van der Waals surface area contributed by atoms with Gasteiger partial charge < -0.3 is 35.7 Å². The summed E-state index contributed by atoms with van der Waals surface area (Å²) in [5.74, 6) is 0.0991. The zero-order valence-electron chi connectivity index (χ0n) is 24.8. The summed E-state index contributed by atoms with van der Waals surface area (Å²) in [6.07, 6.45) is 1.43. The van der Waals surface area contributed by atoms with Crippen molar-refractivity contribution in [2.24, 2.45) is 11.5 Å². The molecule has 43 heavy (non-hydrogen) atoms. The molecule has 1 unspecified atom stereocenters. The second kappa shape index (κ2) is 16.9. The molecule has 0 aromatic heterocycles. The van der Waals surface area contributed by atoms with Crippen LogP contribution >= 0.6 is 0 Å². The molecule has 3 rings (SSSR count). The molecule has 10 heteroatoms. The summed E-state index contributed by atoms with van der Waals surface area (Å²) in [6, 6.07) is 24.5. The van der Waals surface area contributed by atoms with Crippen molar-refractivity contribution in [3.05, 3.63) is 95.6 Å². The number of esters is 1. The third kappa shape index (κ3) is 9.29. The molecule has 0 aliphatic heterocycles. The number of unbranched alkanes of at least 4 members (excludes halogenated alkanes) is 2. The van der Waals surface area contributed by atoms with Crippen molar-refractivity contribution in [3.8, 4) is 11.5 Å². The maximum absolute atomic E-state index is 12.8. The third-order valence-electron chi connectivity index (χ3n) is 7.02. The summed E-state index contributed by atoms with van der Waals surface area (Å²) in [6.45, 7) is 0.322. The number of amides is 2. The van der Waals surface area contributed by atoms with E-state index < -0.39 is 23.6 Å². The lowest BCUT2D eigenvalue weighted by atomic mass is 9.79. The molecule has 0 fully saturated rings. The summed E-state index contributed by atoms with van der Waals surface area (Å²) in [7, 11) is 3.19. The number of rotatable bonds is 18. The second-order valence-corrected chi connectivity index (χ2v) is 9.89. The van der Waals surface area contributed by atoms with E-state index in [-0.39, 0.29) is 32.0 Å². The maximum Gasteiger partial charge on any atom is 0.319 e. The van der Waals surface area contributed by atoms with Crippen LogP contribution < -0.4 is 26.3 Å². The fraction of sp³-hybridized carbons (Fsp3) is 0.364. The summed E-state index contributed by atoms with van der Waals surface area (Å²) in [5.41, 5.74) is 12.2. The Bertz CT molecular complexity index is 1250. The van der Waals surface area contributed by atoms with Crippen LogP contribution in [0.1, 0.15) is 48.8 Å². The van der Waals surface area contributed by atoms with Gasteiger partial charge in [-0.05, 0) is 60.2 Å². The molecule has 0 heterocycles. The lowest BCUT2D eigenvalue weighted by molar-refractivity contribution is -0.142. The van der Waals surface area contributed by atoms with Gasteiger partial charge in [0.05, 0.1) is 27.4 Å². The number of benzene rings is 3. The molecule has 230 valence electrons. The molecule has 5 N–H and O–H groups in total. The highest BCUT2D eigenvalue weighted by atomic mass is 16.5. The number of nitrogens with two attached hydrogens (primary N) is 2. The van der Waals surface area contributed by atoms with E-state index >= 15 is 0 Å². The van der Waals surface area contributed by atoms with Gasteiger partial charge in [0, 0.05) is 19.4 Å². The SMILES string of the molecule is COc1ccc(C(OC(CCNC(=O)CCCCCOC(=O)CN)C(N)=O)(c2ccccc2)c2ccc(OC)cc2)cc1. The van der Waals surface area contributed by atoms with Crippen LogP contribution in [0, 0.1) is 0 Å². The number of ether oxygens (including phenoxy) is 4. The molecule has 0 saturated heterocycles. The number of hydrogen-bond acceptors (Lipinski definition) is 8. The van der Waals surface area contributed by atoms with Gasteiger partial charge in [0.25, 0.3) is 0 Å². The van der Waals surface area contributed by atoms with E-state index in [1.807, 2.05) is 78.9 Å². The van der Waals surface area contributed by atoms with Crippen molar-refractivity contribution in [2.75, 3.05) is 33.9 Å². The molecular formula is C33H41N3O7. The lowest BCUT2D eigenvalue weighted by Gasteiger charge is -2.38. The topological polar surface area (TPSA) is 152 Å². The Balaban J connectivity index is 1.80. The third-order valence-corrected chi connectivity index (χ3v) is 7.02. The molecule has 0 saturated carbocycles. The molecule has 0 bridgehead atoms. The number of primary amides is 1. The van der Waals surface area contributed by atoms with E-state index in [1.165, 1.54) is 0 Å². The molecule has 0 aliphatic rings. The van der Waals surface area contributed by atoms with Crippen LogP contribution in [0.5, 0.6) is 11.5 Å². The first-order valence-electron chi connectivity index (χ1n) is 14.3. The first-order valence-corrected chi connectivity index (χ1v) is 14.3. The predicted octanol–water partition coefficient (Wildman–Crippen LogP) is 3.43. The Hall–Kier alpha value is -4.41. The van der Waals surface area contributed by atoms with Crippen LogP contribution in [0.2, 0.25) is 0 Å². The quantitative estimate of drug-likeness (QED) is 0.116. The highest BCUT2D eigenvalue weighted by molar-refractivity contribution is 5.79. The molecule has 1 atom stereocenters. The van der Waals surface area contributed by atoms with Crippen molar-refractivity contribution in [1.29, 1.82) is 0 Å². The highest BCUT2D eigenvalue weighted by Gasteiger charge is 2.41. The maximum atomic E-state index is 12.8. The number of hydrogen-bond donors (Lipinski definition) is 3. The molecular weight excluding hydrogens is 550 g/mol. The Morgan fingerprint density at radius 1 is 0.791 bits per heavy atom. The highest BCUT2D eigenvalue weighted by Crippen LogP contribution is 2.42. The van der Waals surface area contributed by atoms with Gasteiger partial charge in [-0.15, -0.1) is 0 Å². The zero-order valence-corrected chi connectivity index (χ0v) is 24.8.